The van der Waals surface area contributed by atoms with Crippen LogP contribution in [0, 0.1) is 11.3 Å². The van der Waals surface area contributed by atoms with Crippen LogP contribution >= 0.6 is 0 Å². The summed E-state index contributed by atoms with van der Waals surface area (Å²) in [5.41, 5.74) is 5.22. The molecule has 0 aromatic rings. The van der Waals surface area contributed by atoms with E-state index in [1.165, 1.54) is 0 Å². The predicted molar refractivity (Wildman–Crippen MR) is 29.9 cm³/mol. The van der Waals surface area contributed by atoms with Crippen LogP contribution < -0.4 is 5.73 Å². The summed E-state index contributed by atoms with van der Waals surface area (Å²) in [5, 5.41) is 16.8. The van der Waals surface area contributed by atoms with Gasteiger partial charge in [0.05, 0.1) is 18.6 Å². The summed E-state index contributed by atoms with van der Waals surface area (Å²) in [6.07, 6.45) is -0.544. The quantitative estimate of drug-likeness (QED) is 0.513. The second-order valence-corrected chi connectivity index (χ2v) is 1.79. The van der Waals surface area contributed by atoms with Gasteiger partial charge >= 0.3 is 0 Å². The molecule has 0 saturated heterocycles. The van der Waals surface area contributed by atoms with Crippen molar-refractivity contribution in [2.24, 2.45) is 5.73 Å². The van der Waals surface area contributed by atoms with Crippen molar-refractivity contribution < 1.29 is 5.11 Å². The molecule has 0 aliphatic rings. The highest BCUT2D eigenvalue weighted by Gasteiger charge is 2.06. The van der Waals surface area contributed by atoms with E-state index in [9.17, 15) is 0 Å². The number of aliphatic hydroxyl groups is 1. The molecule has 1 unspecified atom stereocenters. The van der Waals surface area contributed by atoms with Crippen molar-refractivity contribution in [3.05, 3.63) is 0 Å². The number of aliphatic hydroxyl groups excluding tert-OH is 1. The molecule has 0 bridgehead atoms. The van der Waals surface area contributed by atoms with E-state index in [-0.39, 0.29) is 12.5 Å². The zero-order chi connectivity index (χ0) is 6.57. The molecule has 0 radical (unpaired) electrons. The van der Waals surface area contributed by atoms with E-state index in [4.69, 9.17) is 16.1 Å². The molecule has 0 amide bonds. The number of rotatable bonds is 2. The maximum absolute atomic E-state index is 8.78. The molecular weight excluding hydrogens is 104 g/mol. The van der Waals surface area contributed by atoms with Crippen molar-refractivity contribution in [1.29, 1.82) is 5.26 Å². The third-order valence-electron chi connectivity index (χ3n) is 0.907. The van der Waals surface area contributed by atoms with E-state index in [0.29, 0.717) is 0 Å². The first kappa shape index (κ1) is 7.41. The van der Waals surface area contributed by atoms with Crippen LogP contribution in [0.3, 0.4) is 0 Å². The van der Waals surface area contributed by atoms with Crippen LogP contribution in [0.4, 0.5) is 0 Å². The molecule has 0 aliphatic heterocycles. The molecule has 0 heterocycles. The van der Waals surface area contributed by atoms with Crippen molar-refractivity contribution in [3.8, 4) is 6.07 Å². The molecule has 8 heavy (non-hydrogen) atoms. The normalized spacial score (nSPS) is 16.8. The van der Waals surface area contributed by atoms with E-state index in [1.807, 2.05) is 6.07 Å². The van der Waals surface area contributed by atoms with E-state index in [0.717, 1.165) is 0 Å². The number of nitrogens with zero attached hydrogens (tertiary/aromatic N) is 1. The molecule has 46 valence electrons. The van der Waals surface area contributed by atoms with Gasteiger partial charge in [-0.1, -0.05) is 0 Å². The fraction of sp³-hybridized carbons (Fsp3) is 0.800. The Bertz CT molecular complexity index is 95.1. The van der Waals surface area contributed by atoms with Gasteiger partial charge in [-0.15, -0.1) is 0 Å². The van der Waals surface area contributed by atoms with E-state index < -0.39 is 6.10 Å². The van der Waals surface area contributed by atoms with Crippen LogP contribution in [-0.2, 0) is 0 Å². The minimum Gasteiger partial charge on any atom is -0.390 e. The molecule has 3 heteroatoms. The van der Waals surface area contributed by atoms with Crippen LogP contribution in [0.25, 0.3) is 0 Å². The Morgan fingerprint density at radius 3 is 2.50 bits per heavy atom. The topological polar surface area (TPSA) is 70.0 Å². The number of nitriles is 1. The first-order valence-electron chi connectivity index (χ1n) is 2.49. The Hall–Kier alpha value is -0.590. The second kappa shape index (κ2) is 3.42. The zero-order valence-corrected chi connectivity index (χ0v) is 4.83. The average Bonchev–Trinajstić information content (AvgIpc) is 1.67. The monoisotopic (exact) mass is 114 g/mol. The van der Waals surface area contributed by atoms with E-state index in [1.54, 1.807) is 6.92 Å². The summed E-state index contributed by atoms with van der Waals surface area (Å²) in [7, 11) is 0. The lowest BCUT2D eigenvalue weighted by molar-refractivity contribution is 0.156. The van der Waals surface area contributed by atoms with Gasteiger partial charge in [0.25, 0.3) is 0 Å². The van der Waals surface area contributed by atoms with Crippen LogP contribution in [0.2, 0.25) is 0 Å². The van der Waals surface area contributed by atoms with Gasteiger partial charge < -0.3 is 10.8 Å². The van der Waals surface area contributed by atoms with Gasteiger partial charge in [0.1, 0.15) is 0 Å². The van der Waals surface area contributed by atoms with Crippen LogP contribution in [0.5, 0.6) is 0 Å². The lowest BCUT2D eigenvalue weighted by atomic mass is 10.1. The highest BCUT2D eigenvalue weighted by atomic mass is 16.3. The van der Waals surface area contributed by atoms with Crippen molar-refractivity contribution >= 4 is 0 Å². The molecular formula is C5H10N2O. The molecule has 3 nitrogen and oxygen atoms in total. The van der Waals surface area contributed by atoms with Gasteiger partial charge in [-0.05, 0) is 6.92 Å². The third-order valence-corrected chi connectivity index (χ3v) is 0.907. The first-order valence-corrected chi connectivity index (χ1v) is 2.49. The summed E-state index contributed by atoms with van der Waals surface area (Å²) in [5.74, 6) is 0. The highest BCUT2D eigenvalue weighted by molar-refractivity contribution is 4.79. The summed E-state index contributed by atoms with van der Waals surface area (Å²) < 4.78 is 0. The van der Waals surface area contributed by atoms with Gasteiger partial charge in [-0.3, -0.25) is 0 Å². The second-order valence-electron chi connectivity index (χ2n) is 1.79. The zero-order valence-electron chi connectivity index (χ0n) is 4.83. The molecule has 0 aliphatic carbocycles. The van der Waals surface area contributed by atoms with Gasteiger partial charge in [-0.25, -0.2) is 0 Å². The lowest BCUT2D eigenvalue weighted by Crippen LogP contribution is -2.30. The number of nitrogens with two attached hydrogens (primary N) is 1. The predicted octanol–water partition coefficient (Wildman–Crippen LogP) is -0.392. The number of hydrogen-bond donors (Lipinski definition) is 2. The maximum Gasteiger partial charge on any atom is 0.0818 e. The van der Waals surface area contributed by atoms with Crippen molar-refractivity contribution in [1.82, 2.24) is 0 Å². The molecule has 0 fully saturated rings. The van der Waals surface area contributed by atoms with Crippen molar-refractivity contribution in [2.45, 2.75) is 25.5 Å². The standard InChI is InChI=1S/C5H10N2O/c1-4(7)5(8)2-3-6/h4-5,8H,2,7H2,1H3/t4-,5?/m0/s1. The Labute approximate surface area is 48.7 Å². The van der Waals surface area contributed by atoms with Gasteiger partial charge in [-0.2, -0.15) is 5.26 Å². The molecule has 3 N–H and O–H groups in total. The Balaban J connectivity index is 3.35. The smallest absolute Gasteiger partial charge is 0.0818 e. The minimum absolute atomic E-state index is 0.123. The molecule has 0 rings (SSSR count). The Kier molecular flexibility index (Phi) is 3.16. The van der Waals surface area contributed by atoms with Crippen LogP contribution in [0.15, 0.2) is 0 Å². The van der Waals surface area contributed by atoms with Crippen molar-refractivity contribution in [3.63, 3.8) is 0 Å². The molecule has 0 saturated carbocycles. The minimum atomic E-state index is -0.667. The SMILES string of the molecule is C[C@H](N)C(O)CC#N. The first-order chi connectivity index (χ1) is 3.68. The number of hydrogen-bond acceptors (Lipinski definition) is 3. The lowest BCUT2D eigenvalue weighted by Gasteiger charge is -2.08. The molecule has 0 aromatic carbocycles. The van der Waals surface area contributed by atoms with Gasteiger partial charge in [0.15, 0.2) is 0 Å². The summed E-state index contributed by atoms with van der Waals surface area (Å²) in [6, 6.07) is 1.52. The summed E-state index contributed by atoms with van der Waals surface area (Å²) >= 11 is 0. The van der Waals surface area contributed by atoms with Gasteiger partial charge in [0, 0.05) is 6.04 Å². The molecule has 2 atom stereocenters. The fourth-order valence-electron chi connectivity index (χ4n) is 0.279. The van der Waals surface area contributed by atoms with Crippen LogP contribution in [-0.4, -0.2) is 17.3 Å². The maximum atomic E-state index is 8.78. The van der Waals surface area contributed by atoms with E-state index >= 15 is 0 Å². The van der Waals surface area contributed by atoms with Crippen molar-refractivity contribution in [2.75, 3.05) is 0 Å². The fourth-order valence-corrected chi connectivity index (χ4v) is 0.279. The molecule has 0 aromatic heterocycles. The average molecular weight is 114 g/mol. The van der Waals surface area contributed by atoms with Crippen LogP contribution in [0.1, 0.15) is 13.3 Å². The molecule has 0 spiro atoms. The summed E-state index contributed by atoms with van der Waals surface area (Å²) in [6.45, 7) is 1.67. The third kappa shape index (κ3) is 2.56. The largest absolute Gasteiger partial charge is 0.390 e. The Morgan fingerprint density at radius 1 is 1.88 bits per heavy atom. The summed E-state index contributed by atoms with van der Waals surface area (Å²) in [4.78, 5) is 0. The van der Waals surface area contributed by atoms with Gasteiger partial charge in [0.2, 0.25) is 0 Å². The Morgan fingerprint density at radius 2 is 2.38 bits per heavy atom. The highest BCUT2D eigenvalue weighted by Crippen LogP contribution is 1.92. The van der Waals surface area contributed by atoms with E-state index in [2.05, 4.69) is 0 Å².